The monoisotopic (exact) mass is 186 g/mol. The molecule has 2 N–H and O–H groups in total. The second-order valence-electron chi connectivity index (χ2n) is 2.56. The van der Waals surface area contributed by atoms with Crippen LogP contribution < -0.4 is 5.73 Å². The molecule has 0 fully saturated rings. The van der Waals surface area contributed by atoms with Crippen molar-refractivity contribution in [1.82, 2.24) is 5.16 Å². The third-order valence-corrected chi connectivity index (χ3v) is 2.00. The Labute approximate surface area is 74.5 Å². The van der Waals surface area contributed by atoms with E-state index in [-0.39, 0.29) is 16.1 Å². The van der Waals surface area contributed by atoms with Crippen LogP contribution in [0.5, 0.6) is 0 Å². The predicted octanol–water partition coefficient (Wildman–Crippen LogP) is 1.54. The smallest absolute Gasteiger partial charge is 0.259 e. The van der Waals surface area contributed by atoms with Gasteiger partial charge in [0.1, 0.15) is 5.69 Å². The molecule has 12 heavy (non-hydrogen) atoms. The molecule has 1 aromatic rings. The number of hydrogen-bond donors (Lipinski definition) is 1. The highest BCUT2D eigenvalue weighted by atomic mass is 32.2. The van der Waals surface area contributed by atoms with Crippen molar-refractivity contribution in [2.75, 3.05) is 5.73 Å². The van der Waals surface area contributed by atoms with Crippen molar-refractivity contribution in [3.05, 3.63) is 12.0 Å². The van der Waals surface area contributed by atoms with Crippen LogP contribution in [0.4, 0.5) is 5.69 Å². The van der Waals surface area contributed by atoms with E-state index in [2.05, 4.69) is 9.68 Å². The summed E-state index contributed by atoms with van der Waals surface area (Å²) in [5.41, 5.74) is 5.73. The van der Waals surface area contributed by atoms with Gasteiger partial charge in [0, 0.05) is 5.25 Å². The zero-order valence-corrected chi connectivity index (χ0v) is 7.72. The Balaban J connectivity index is 2.72. The summed E-state index contributed by atoms with van der Waals surface area (Å²) in [6, 6.07) is 0. The lowest BCUT2D eigenvalue weighted by molar-refractivity contribution is 0.105. The van der Waals surface area contributed by atoms with Crippen LogP contribution in [0.2, 0.25) is 0 Å². The van der Waals surface area contributed by atoms with Gasteiger partial charge in [0.25, 0.3) is 5.12 Å². The molecule has 0 saturated heterocycles. The van der Waals surface area contributed by atoms with Gasteiger partial charge in [0.2, 0.25) is 5.76 Å². The van der Waals surface area contributed by atoms with Crippen molar-refractivity contribution >= 4 is 22.6 Å². The third-order valence-electron chi connectivity index (χ3n) is 1.13. The Bertz CT molecular complexity index is 283. The Morgan fingerprint density at radius 3 is 2.83 bits per heavy atom. The van der Waals surface area contributed by atoms with E-state index >= 15 is 0 Å². The fourth-order valence-electron chi connectivity index (χ4n) is 0.670. The van der Waals surface area contributed by atoms with Gasteiger partial charge in [-0.3, -0.25) is 4.79 Å². The molecule has 4 nitrogen and oxygen atoms in total. The van der Waals surface area contributed by atoms with Gasteiger partial charge in [-0.05, 0) is 0 Å². The molecule has 0 bridgehead atoms. The number of nitrogen functional groups attached to an aromatic ring is 1. The Morgan fingerprint density at radius 1 is 1.75 bits per heavy atom. The molecular formula is C7H10N2O2S. The van der Waals surface area contributed by atoms with Gasteiger partial charge in [-0.1, -0.05) is 30.8 Å². The zero-order chi connectivity index (χ0) is 9.14. The Kier molecular flexibility index (Phi) is 2.75. The topological polar surface area (TPSA) is 69.1 Å². The number of aromatic nitrogens is 1. The predicted molar refractivity (Wildman–Crippen MR) is 48.0 cm³/mol. The van der Waals surface area contributed by atoms with Crippen molar-refractivity contribution < 1.29 is 9.32 Å². The molecule has 0 aliphatic rings. The van der Waals surface area contributed by atoms with Crippen LogP contribution in [0.15, 0.2) is 10.7 Å². The first-order valence-electron chi connectivity index (χ1n) is 3.52. The molecular weight excluding hydrogens is 176 g/mol. The van der Waals surface area contributed by atoms with Crippen LogP contribution in [0, 0.1) is 0 Å². The van der Waals surface area contributed by atoms with Crippen molar-refractivity contribution in [3.8, 4) is 0 Å². The number of carbonyl (C=O) groups is 1. The summed E-state index contributed by atoms with van der Waals surface area (Å²) in [7, 11) is 0. The third kappa shape index (κ3) is 2.01. The molecule has 1 aromatic heterocycles. The molecule has 0 aromatic carbocycles. The summed E-state index contributed by atoms with van der Waals surface area (Å²) in [5, 5.41) is 3.47. The standard InChI is InChI=1S/C7H10N2O2S/c1-4(2)12-7(10)6-5(8)3-9-11-6/h3-4H,8H2,1-2H3. The minimum atomic E-state index is -0.167. The second-order valence-corrected chi connectivity index (χ2v) is 4.11. The van der Waals surface area contributed by atoms with E-state index in [1.54, 1.807) is 0 Å². The number of carbonyl (C=O) groups excluding carboxylic acids is 1. The van der Waals surface area contributed by atoms with Crippen LogP contribution in [0.3, 0.4) is 0 Å². The molecule has 1 heterocycles. The van der Waals surface area contributed by atoms with Crippen molar-refractivity contribution in [3.63, 3.8) is 0 Å². The van der Waals surface area contributed by atoms with E-state index in [9.17, 15) is 4.79 Å². The second kappa shape index (κ2) is 3.62. The maximum absolute atomic E-state index is 11.3. The first-order chi connectivity index (χ1) is 5.61. The van der Waals surface area contributed by atoms with E-state index in [4.69, 9.17) is 5.73 Å². The fraction of sp³-hybridized carbons (Fsp3) is 0.429. The first-order valence-corrected chi connectivity index (χ1v) is 4.40. The molecule has 1 rings (SSSR count). The average Bonchev–Trinajstić information content (AvgIpc) is 2.33. The van der Waals surface area contributed by atoms with Gasteiger partial charge in [0.05, 0.1) is 6.20 Å². The highest BCUT2D eigenvalue weighted by Crippen LogP contribution is 2.20. The quantitative estimate of drug-likeness (QED) is 0.758. The summed E-state index contributed by atoms with van der Waals surface area (Å²) < 4.78 is 4.68. The van der Waals surface area contributed by atoms with E-state index < -0.39 is 0 Å². The van der Waals surface area contributed by atoms with E-state index in [0.29, 0.717) is 5.69 Å². The fourth-order valence-corrected chi connectivity index (χ4v) is 1.36. The molecule has 0 atom stereocenters. The first kappa shape index (κ1) is 9.12. The number of nitrogens with zero attached hydrogens (tertiary/aromatic N) is 1. The molecule has 0 unspecified atom stereocenters. The Morgan fingerprint density at radius 2 is 2.42 bits per heavy atom. The summed E-state index contributed by atoms with van der Waals surface area (Å²) in [4.78, 5) is 11.3. The van der Waals surface area contributed by atoms with Crippen molar-refractivity contribution in [2.24, 2.45) is 0 Å². The van der Waals surface area contributed by atoms with Gasteiger partial charge in [-0.15, -0.1) is 0 Å². The maximum atomic E-state index is 11.3. The lowest BCUT2D eigenvalue weighted by Gasteiger charge is -1.99. The molecule has 0 amide bonds. The van der Waals surface area contributed by atoms with Gasteiger partial charge in [0.15, 0.2) is 0 Å². The number of thioether (sulfide) groups is 1. The molecule has 0 saturated carbocycles. The summed E-state index contributed by atoms with van der Waals surface area (Å²) in [6.45, 7) is 3.85. The lowest BCUT2D eigenvalue weighted by atomic mass is 10.4. The van der Waals surface area contributed by atoms with E-state index in [1.165, 1.54) is 18.0 Å². The number of rotatable bonds is 2. The van der Waals surface area contributed by atoms with Gasteiger partial charge in [-0.2, -0.15) is 0 Å². The molecule has 5 heteroatoms. The van der Waals surface area contributed by atoms with Crippen LogP contribution in [-0.4, -0.2) is 15.5 Å². The molecule has 0 aliphatic carbocycles. The Hall–Kier alpha value is -0.970. The van der Waals surface area contributed by atoms with Crippen LogP contribution >= 0.6 is 11.8 Å². The highest BCUT2D eigenvalue weighted by molar-refractivity contribution is 8.14. The normalized spacial score (nSPS) is 10.6. The van der Waals surface area contributed by atoms with Crippen LogP contribution in [-0.2, 0) is 0 Å². The van der Waals surface area contributed by atoms with Crippen molar-refractivity contribution in [1.29, 1.82) is 0 Å². The molecule has 0 spiro atoms. The lowest BCUT2D eigenvalue weighted by Crippen LogP contribution is -2.00. The van der Waals surface area contributed by atoms with Gasteiger partial charge >= 0.3 is 0 Å². The summed E-state index contributed by atoms with van der Waals surface area (Å²) in [6.07, 6.45) is 1.33. The van der Waals surface area contributed by atoms with Crippen LogP contribution in [0.25, 0.3) is 0 Å². The molecule has 66 valence electrons. The minimum absolute atomic E-state index is 0.147. The van der Waals surface area contributed by atoms with Crippen molar-refractivity contribution in [2.45, 2.75) is 19.1 Å². The molecule has 0 radical (unpaired) electrons. The number of anilines is 1. The number of hydrogen-bond acceptors (Lipinski definition) is 5. The number of nitrogens with two attached hydrogens (primary N) is 1. The van der Waals surface area contributed by atoms with Gasteiger partial charge < -0.3 is 10.3 Å². The summed E-state index contributed by atoms with van der Waals surface area (Å²) in [5.74, 6) is 0.147. The summed E-state index contributed by atoms with van der Waals surface area (Å²) >= 11 is 1.17. The largest absolute Gasteiger partial charge is 0.394 e. The highest BCUT2D eigenvalue weighted by Gasteiger charge is 2.16. The zero-order valence-electron chi connectivity index (χ0n) is 6.90. The molecule has 0 aliphatic heterocycles. The average molecular weight is 186 g/mol. The van der Waals surface area contributed by atoms with E-state index in [0.717, 1.165) is 0 Å². The van der Waals surface area contributed by atoms with Crippen LogP contribution in [0.1, 0.15) is 24.4 Å². The van der Waals surface area contributed by atoms with E-state index in [1.807, 2.05) is 13.8 Å². The maximum Gasteiger partial charge on any atom is 0.259 e. The SMILES string of the molecule is CC(C)SC(=O)c1oncc1N. The minimum Gasteiger partial charge on any atom is -0.394 e. The van der Waals surface area contributed by atoms with Gasteiger partial charge in [-0.25, -0.2) is 0 Å².